The van der Waals surface area contributed by atoms with E-state index in [1.807, 2.05) is 32.2 Å². The fraction of sp³-hybridized carbons (Fsp3) is 0.357. The maximum absolute atomic E-state index is 11.7. The summed E-state index contributed by atoms with van der Waals surface area (Å²) in [5.74, 6) is 0.0507. The highest BCUT2D eigenvalue weighted by Crippen LogP contribution is 2.32. The number of hydrogen-bond acceptors (Lipinski definition) is 3. The lowest BCUT2D eigenvalue weighted by Crippen LogP contribution is -2.10. The molecule has 0 spiro atoms. The van der Waals surface area contributed by atoms with Crippen molar-refractivity contribution < 1.29 is 14.0 Å². The molecule has 0 aliphatic heterocycles. The van der Waals surface area contributed by atoms with Crippen LogP contribution in [0.25, 0.3) is 10.9 Å². The van der Waals surface area contributed by atoms with E-state index in [0.29, 0.717) is 6.42 Å². The number of rotatable bonds is 6. The van der Waals surface area contributed by atoms with E-state index >= 15 is 0 Å². The molecule has 1 N–H and O–H groups in total. The first-order chi connectivity index (χ1) is 9.65. The Morgan fingerprint density at radius 1 is 1.45 bits per heavy atom. The summed E-state index contributed by atoms with van der Waals surface area (Å²) in [7, 11) is 3.52. The van der Waals surface area contributed by atoms with Gasteiger partial charge >= 0.3 is 0 Å². The minimum atomic E-state index is -0.921. The van der Waals surface area contributed by atoms with E-state index in [1.165, 1.54) is 7.11 Å². The van der Waals surface area contributed by atoms with Crippen LogP contribution < -0.4 is 5.32 Å². The van der Waals surface area contributed by atoms with E-state index in [2.05, 4.69) is 16.1 Å². The van der Waals surface area contributed by atoms with Crippen molar-refractivity contribution in [1.29, 1.82) is 0 Å². The molecule has 1 aromatic carbocycles. The fourth-order valence-electron chi connectivity index (χ4n) is 2.24. The van der Waals surface area contributed by atoms with Gasteiger partial charge < -0.3 is 9.88 Å². The van der Waals surface area contributed by atoms with Gasteiger partial charge in [-0.2, -0.15) is 12.0 Å². The molecule has 1 amide bonds. The van der Waals surface area contributed by atoms with Crippen molar-refractivity contribution in [3.63, 3.8) is 0 Å². The number of nitrogens with zero attached hydrogens (tertiary/aromatic N) is 1. The number of carbonyl (C=O) groups is 1. The number of fused-ring (bicyclic) bond motifs is 1. The van der Waals surface area contributed by atoms with Crippen LogP contribution in [0.3, 0.4) is 0 Å². The number of aromatic nitrogens is 1. The summed E-state index contributed by atoms with van der Waals surface area (Å²) in [6.07, 6.45) is 3.45. The van der Waals surface area contributed by atoms with Crippen LogP contribution in [0, 0.1) is 0 Å². The Bertz CT molecular complexity index is 610. The zero-order chi connectivity index (χ0) is 14.5. The second-order valence-electron chi connectivity index (χ2n) is 4.72. The van der Waals surface area contributed by atoms with Crippen LogP contribution in [-0.4, -0.2) is 17.6 Å². The van der Waals surface area contributed by atoms with E-state index in [9.17, 15) is 4.79 Å². The number of nitrogens with one attached hydrogen (secondary N) is 1. The predicted molar refractivity (Wildman–Crippen MR) is 86.0 cm³/mol. The fourth-order valence-corrected chi connectivity index (χ4v) is 3.27. The predicted octanol–water partition coefficient (Wildman–Crippen LogP) is 2.43. The van der Waals surface area contributed by atoms with Gasteiger partial charge in [-0.1, -0.05) is 6.92 Å². The molecule has 6 heteroatoms. The summed E-state index contributed by atoms with van der Waals surface area (Å²) in [6.45, 7) is 1.99. The summed E-state index contributed by atoms with van der Waals surface area (Å²) in [6, 6.07) is 5.95. The van der Waals surface area contributed by atoms with Gasteiger partial charge in [-0.3, -0.25) is 4.79 Å². The van der Waals surface area contributed by atoms with Crippen molar-refractivity contribution in [2.75, 3.05) is 12.4 Å². The minimum absolute atomic E-state index is 0.0507. The average Bonchev–Trinajstić information content (AvgIpc) is 2.73. The first-order valence-corrected chi connectivity index (χ1v) is 7.97. The van der Waals surface area contributed by atoms with Crippen LogP contribution in [0.2, 0.25) is 0 Å². The molecule has 20 heavy (non-hydrogen) atoms. The lowest BCUT2D eigenvalue weighted by molar-refractivity contribution is -0.160. The highest BCUT2D eigenvalue weighted by molar-refractivity contribution is 7.94. The quantitative estimate of drug-likeness (QED) is 0.658. The molecule has 5 nitrogen and oxygen atoms in total. The molecule has 0 radical (unpaired) electrons. The lowest BCUT2D eigenvalue weighted by Gasteiger charge is -2.07. The number of anilines is 1. The van der Waals surface area contributed by atoms with E-state index in [1.54, 1.807) is 0 Å². The van der Waals surface area contributed by atoms with Gasteiger partial charge in [0, 0.05) is 41.2 Å². The molecule has 1 aromatic heterocycles. The van der Waals surface area contributed by atoms with Crippen LogP contribution in [0.1, 0.15) is 19.8 Å². The molecule has 0 saturated heterocycles. The van der Waals surface area contributed by atoms with Crippen LogP contribution in [0.5, 0.6) is 0 Å². The zero-order valence-electron chi connectivity index (χ0n) is 12.1. The molecule has 1 heterocycles. The number of amides is 1. The zero-order valence-corrected chi connectivity index (χ0v) is 13.5. The van der Waals surface area contributed by atoms with Crippen molar-refractivity contribution >= 4 is 34.5 Å². The minimum Gasteiger partial charge on any atom is -0.349 e. The number of aryl methyl sites for hydroxylation is 1. The van der Waals surface area contributed by atoms with Crippen molar-refractivity contribution in [2.45, 2.75) is 24.7 Å². The molecule has 0 unspecified atom stereocenters. The normalized spacial score (nSPS) is 11.2. The lowest BCUT2D eigenvalue weighted by atomic mass is 10.2. The number of benzene rings is 1. The van der Waals surface area contributed by atoms with Gasteiger partial charge in [0.25, 0.3) is 0 Å². The Morgan fingerprint density at radius 2 is 2.25 bits per heavy atom. The van der Waals surface area contributed by atoms with Gasteiger partial charge in [0.15, 0.2) is 0 Å². The maximum Gasteiger partial charge on any atom is 0.224 e. The third-order valence-electron chi connectivity index (χ3n) is 3.17. The van der Waals surface area contributed by atoms with E-state index in [4.69, 9.17) is 9.22 Å². The highest BCUT2D eigenvalue weighted by atomic mass is 32.2. The van der Waals surface area contributed by atoms with Crippen molar-refractivity contribution in [1.82, 2.24) is 4.57 Å². The highest BCUT2D eigenvalue weighted by Gasteiger charge is 2.07. The van der Waals surface area contributed by atoms with Crippen molar-refractivity contribution in [2.24, 2.45) is 7.05 Å². The summed E-state index contributed by atoms with van der Waals surface area (Å²) >= 11 is -0.921. The second-order valence-corrected chi connectivity index (χ2v) is 6.01. The smallest absolute Gasteiger partial charge is 0.224 e. The molecule has 0 aliphatic rings. The Kier molecular flexibility index (Phi) is 5.05. The van der Waals surface area contributed by atoms with Crippen LogP contribution in [0.4, 0.5) is 5.69 Å². The number of carbonyl (C=O) groups excluding carboxylic acids is 1. The standard InChI is InChI=1S/C14H22N2O3S/c1-4-5-14(17)15-10-6-7-12-11(8-10)13(9-16(12)2)20-19-18-3/h6-9H,4-5H2,1-3H3,20H4,(H,15,17). The van der Waals surface area contributed by atoms with E-state index < -0.39 is 12.0 Å². The van der Waals surface area contributed by atoms with Crippen molar-refractivity contribution in [3.05, 3.63) is 24.4 Å². The third-order valence-corrected chi connectivity index (χ3v) is 4.39. The molecule has 0 bridgehead atoms. The van der Waals surface area contributed by atoms with Crippen molar-refractivity contribution in [3.8, 4) is 0 Å². The number of hydrogen-bond donors (Lipinski definition) is 1. The van der Waals surface area contributed by atoms with Gasteiger partial charge in [-0.15, -0.1) is 0 Å². The molecule has 0 fully saturated rings. The van der Waals surface area contributed by atoms with Gasteiger partial charge in [-0.25, -0.2) is 9.22 Å². The topological polar surface area (TPSA) is 52.5 Å². The van der Waals surface area contributed by atoms with Gasteiger partial charge in [0.05, 0.1) is 7.11 Å². The summed E-state index contributed by atoms with van der Waals surface area (Å²) in [4.78, 5) is 17.5. The molecule has 2 aromatic rings. The van der Waals surface area contributed by atoms with Gasteiger partial charge in [0.1, 0.15) is 0 Å². The van der Waals surface area contributed by atoms with E-state index in [0.717, 1.165) is 27.9 Å². The molecular weight excluding hydrogens is 276 g/mol. The van der Waals surface area contributed by atoms with Gasteiger partial charge in [0.2, 0.25) is 5.91 Å². The Hall–Kier alpha value is -1.50. The van der Waals surface area contributed by atoms with Crippen LogP contribution in [0.15, 0.2) is 29.3 Å². The van der Waals surface area contributed by atoms with E-state index in [-0.39, 0.29) is 5.91 Å². The summed E-state index contributed by atoms with van der Waals surface area (Å²) < 4.78 is 7.20. The maximum atomic E-state index is 11.7. The molecular formula is C14H22N2O3S. The SMILES string of the molecule is CCCC(=O)Nc1ccc2c(c1)c([SH4]OOC)cn2C. The van der Waals surface area contributed by atoms with Crippen LogP contribution >= 0.6 is 12.0 Å². The van der Waals surface area contributed by atoms with Gasteiger partial charge in [-0.05, 0) is 24.6 Å². The Labute approximate surface area is 122 Å². The second kappa shape index (κ2) is 6.78. The summed E-state index contributed by atoms with van der Waals surface area (Å²) in [5.41, 5.74) is 1.95. The largest absolute Gasteiger partial charge is 0.349 e. The molecule has 0 aliphatic carbocycles. The Morgan fingerprint density at radius 3 is 2.95 bits per heavy atom. The first kappa shape index (κ1) is 14.9. The molecule has 2 rings (SSSR count). The molecule has 0 atom stereocenters. The monoisotopic (exact) mass is 298 g/mol. The molecule has 0 saturated carbocycles. The third kappa shape index (κ3) is 3.33. The molecule has 112 valence electrons. The van der Waals surface area contributed by atoms with Crippen LogP contribution in [-0.2, 0) is 21.1 Å². The first-order valence-electron chi connectivity index (χ1n) is 6.69. The average molecular weight is 298 g/mol. The summed E-state index contributed by atoms with van der Waals surface area (Å²) in [5, 5.41) is 4.04. The Balaban J connectivity index is 2.28.